The molecule has 3 aromatic heterocycles. The maximum absolute atomic E-state index is 12.0. The van der Waals surface area contributed by atoms with Gasteiger partial charge in [-0.05, 0) is 30.3 Å². The van der Waals surface area contributed by atoms with Crippen LogP contribution in [0.1, 0.15) is 23.2 Å². The van der Waals surface area contributed by atoms with E-state index in [9.17, 15) is 4.79 Å². The molecule has 0 unspecified atom stereocenters. The number of aryl methyl sites for hydroxylation is 1. The Morgan fingerprint density at radius 2 is 2.24 bits per heavy atom. The number of rotatable bonds is 4. The van der Waals surface area contributed by atoms with Gasteiger partial charge in [-0.2, -0.15) is 5.10 Å². The Morgan fingerprint density at radius 3 is 2.86 bits per heavy atom. The summed E-state index contributed by atoms with van der Waals surface area (Å²) in [4.78, 5) is 16.3. The number of nitrogens with one attached hydrogen (secondary N) is 1. The topological polar surface area (TPSA) is 73.0 Å². The Bertz CT molecular complexity index is 729. The highest BCUT2D eigenvalue weighted by Crippen LogP contribution is 2.13. The number of aromatic nitrogens is 3. The minimum absolute atomic E-state index is 0.289. The number of hydrogen-bond acceptors (Lipinski definition) is 4. The van der Waals surface area contributed by atoms with Crippen molar-refractivity contribution in [2.75, 3.05) is 5.32 Å². The standard InChI is InChI=1S/C15H14N4O2/c1-2-12-5-6-13(21-12)15(20)18-11-4-7-14(16-10-11)19-9-3-8-17-19/h3-10H,2H2,1H3,(H,18,20). The molecule has 0 spiro atoms. The highest BCUT2D eigenvalue weighted by Gasteiger charge is 2.11. The van der Waals surface area contributed by atoms with Crippen molar-refractivity contribution in [3.05, 3.63) is 60.4 Å². The molecule has 1 N–H and O–H groups in total. The van der Waals surface area contributed by atoms with E-state index >= 15 is 0 Å². The van der Waals surface area contributed by atoms with E-state index in [1.165, 1.54) is 0 Å². The van der Waals surface area contributed by atoms with E-state index in [0.717, 1.165) is 12.2 Å². The van der Waals surface area contributed by atoms with Gasteiger partial charge >= 0.3 is 0 Å². The number of furan rings is 1. The molecule has 3 aromatic rings. The summed E-state index contributed by atoms with van der Waals surface area (Å²) >= 11 is 0. The molecule has 1 amide bonds. The second kappa shape index (κ2) is 5.62. The van der Waals surface area contributed by atoms with E-state index in [2.05, 4.69) is 15.4 Å². The fraction of sp³-hybridized carbons (Fsp3) is 0.133. The summed E-state index contributed by atoms with van der Waals surface area (Å²) in [6, 6.07) is 8.83. The van der Waals surface area contributed by atoms with Crippen molar-refractivity contribution in [3.8, 4) is 5.82 Å². The number of carbonyl (C=O) groups excluding carboxylic acids is 1. The van der Waals surface area contributed by atoms with E-state index < -0.39 is 0 Å². The molecule has 0 aliphatic heterocycles. The van der Waals surface area contributed by atoms with Crippen molar-refractivity contribution in [1.29, 1.82) is 0 Å². The summed E-state index contributed by atoms with van der Waals surface area (Å²) in [6.45, 7) is 1.97. The fourth-order valence-corrected chi connectivity index (χ4v) is 1.88. The second-order valence-corrected chi connectivity index (χ2v) is 4.43. The van der Waals surface area contributed by atoms with Crippen LogP contribution in [0, 0.1) is 0 Å². The lowest BCUT2D eigenvalue weighted by Gasteiger charge is -2.04. The molecule has 0 atom stereocenters. The molecule has 0 aromatic carbocycles. The predicted octanol–water partition coefficient (Wildman–Crippen LogP) is 2.68. The highest BCUT2D eigenvalue weighted by molar-refractivity contribution is 6.02. The lowest BCUT2D eigenvalue weighted by atomic mass is 10.3. The second-order valence-electron chi connectivity index (χ2n) is 4.43. The van der Waals surface area contributed by atoms with Gasteiger partial charge in [0.05, 0.1) is 11.9 Å². The quantitative estimate of drug-likeness (QED) is 0.798. The number of carbonyl (C=O) groups is 1. The number of amides is 1. The number of anilines is 1. The highest BCUT2D eigenvalue weighted by atomic mass is 16.3. The lowest BCUT2D eigenvalue weighted by Crippen LogP contribution is -2.11. The van der Waals surface area contributed by atoms with E-state index in [-0.39, 0.29) is 5.91 Å². The first-order valence-electron chi connectivity index (χ1n) is 6.62. The molecule has 0 fully saturated rings. The molecule has 0 radical (unpaired) electrons. The molecule has 6 heteroatoms. The normalized spacial score (nSPS) is 10.5. The Morgan fingerprint density at radius 1 is 1.33 bits per heavy atom. The van der Waals surface area contributed by atoms with Crippen LogP contribution in [0.25, 0.3) is 5.82 Å². The van der Waals surface area contributed by atoms with E-state index in [4.69, 9.17) is 4.42 Å². The first-order valence-corrected chi connectivity index (χ1v) is 6.62. The minimum Gasteiger partial charge on any atom is -0.456 e. The number of pyridine rings is 1. The van der Waals surface area contributed by atoms with Gasteiger partial charge < -0.3 is 9.73 Å². The van der Waals surface area contributed by atoms with Gasteiger partial charge in [-0.15, -0.1) is 0 Å². The fourth-order valence-electron chi connectivity index (χ4n) is 1.88. The summed E-state index contributed by atoms with van der Waals surface area (Å²) in [7, 11) is 0. The van der Waals surface area contributed by atoms with Gasteiger partial charge in [0.2, 0.25) is 0 Å². The van der Waals surface area contributed by atoms with Crippen molar-refractivity contribution in [1.82, 2.24) is 14.8 Å². The van der Waals surface area contributed by atoms with Crippen LogP contribution in [0.15, 0.2) is 53.3 Å². The summed E-state index contributed by atoms with van der Waals surface area (Å²) in [5.74, 6) is 1.47. The largest absolute Gasteiger partial charge is 0.456 e. The molecular weight excluding hydrogens is 268 g/mol. The average Bonchev–Trinajstić information content (AvgIpc) is 3.19. The van der Waals surface area contributed by atoms with Gasteiger partial charge in [0.15, 0.2) is 11.6 Å². The summed E-state index contributed by atoms with van der Waals surface area (Å²) in [5.41, 5.74) is 0.602. The minimum atomic E-state index is -0.289. The third-order valence-electron chi connectivity index (χ3n) is 2.98. The van der Waals surface area contributed by atoms with Crippen LogP contribution in [0.3, 0.4) is 0 Å². The Balaban J connectivity index is 1.71. The molecule has 21 heavy (non-hydrogen) atoms. The first kappa shape index (κ1) is 13.1. The summed E-state index contributed by atoms with van der Waals surface area (Å²) < 4.78 is 7.05. The van der Waals surface area contributed by atoms with Crippen molar-refractivity contribution >= 4 is 11.6 Å². The van der Waals surface area contributed by atoms with Crippen LogP contribution in [0.2, 0.25) is 0 Å². The zero-order valence-corrected chi connectivity index (χ0v) is 11.5. The van der Waals surface area contributed by atoms with Gasteiger partial charge in [0.25, 0.3) is 5.91 Å². The van der Waals surface area contributed by atoms with E-state index in [0.29, 0.717) is 17.3 Å². The van der Waals surface area contributed by atoms with Crippen LogP contribution in [-0.2, 0) is 6.42 Å². The third-order valence-corrected chi connectivity index (χ3v) is 2.98. The van der Waals surface area contributed by atoms with Crippen LogP contribution >= 0.6 is 0 Å². The summed E-state index contributed by atoms with van der Waals surface area (Å²) in [6.07, 6.45) is 5.82. The molecule has 0 aliphatic rings. The molecule has 0 saturated heterocycles. The Labute approximate surface area is 121 Å². The Hall–Kier alpha value is -2.89. The molecule has 3 heterocycles. The van der Waals surface area contributed by atoms with Gasteiger partial charge in [-0.3, -0.25) is 4.79 Å². The maximum atomic E-state index is 12.0. The number of hydrogen-bond donors (Lipinski definition) is 1. The van der Waals surface area contributed by atoms with Crippen molar-refractivity contribution in [3.63, 3.8) is 0 Å². The first-order chi connectivity index (χ1) is 10.3. The van der Waals surface area contributed by atoms with E-state index in [1.54, 1.807) is 47.5 Å². The van der Waals surface area contributed by atoms with Gasteiger partial charge in [-0.1, -0.05) is 6.92 Å². The average molecular weight is 282 g/mol. The molecule has 106 valence electrons. The lowest BCUT2D eigenvalue weighted by molar-refractivity contribution is 0.0995. The smallest absolute Gasteiger partial charge is 0.291 e. The van der Waals surface area contributed by atoms with Crippen LogP contribution in [0.4, 0.5) is 5.69 Å². The van der Waals surface area contributed by atoms with Gasteiger partial charge in [-0.25, -0.2) is 9.67 Å². The van der Waals surface area contributed by atoms with Gasteiger partial charge in [0, 0.05) is 18.8 Å². The van der Waals surface area contributed by atoms with Crippen molar-refractivity contribution < 1.29 is 9.21 Å². The summed E-state index contributed by atoms with van der Waals surface area (Å²) in [5, 5.41) is 6.83. The molecule has 0 bridgehead atoms. The number of nitrogens with zero attached hydrogens (tertiary/aromatic N) is 3. The predicted molar refractivity (Wildman–Crippen MR) is 77.4 cm³/mol. The SMILES string of the molecule is CCc1ccc(C(=O)Nc2ccc(-n3cccn3)nc2)o1. The molecular formula is C15H14N4O2. The maximum Gasteiger partial charge on any atom is 0.291 e. The molecule has 0 saturated carbocycles. The van der Waals surface area contributed by atoms with Crippen LogP contribution < -0.4 is 5.32 Å². The van der Waals surface area contributed by atoms with Crippen molar-refractivity contribution in [2.24, 2.45) is 0 Å². The van der Waals surface area contributed by atoms with Crippen LogP contribution in [-0.4, -0.2) is 20.7 Å². The zero-order chi connectivity index (χ0) is 14.7. The van der Waals surface area contributed by atoms with Crippen LogP contribution in [0.5, 0.6) is 0 Å². The van der Waals surface area contributed by atoms with E-state index in [1.807, 2.05) is 13.0 Å². The van der Waals surface area contributed by atoms with Gasteiger partial charge in [0.1, 0.15) is 5.76 Å². The Kier molecular flexibility index (Phi) is 3.51. The monoisotopic (exact) mass is 282 g/mol. The molecule has 0 aliphatic carbocycles. The third kappa shape index (κ3) is 2.84. The molecule has 6 nitrogen and oxygen atoms in total. The van der Waals surface area contributed by atoms with Crippen molar-refractivity contribution in [2.45, 2.75) is 13.3 Å². The zero-order valence-electron chi connectivity index (χ0n) is 11.5. The molecule has 3 rings (SSSR count).